The van der Waals surface area contributed by atoms with Crippen LogP contribution < -0.4 is 16.5 Å². The number of hydrogen-bond donors (Lipinski definition) is 3. The number of fused-ring (bicyclic) bond motifs is 6. The van der Waals surface area contributed by atoms with Gasteiger partial charge in [-0.3, -0.25) is 11.2 Å². The first-order valence-corrected chi connectivity index (χ1v) is 20.1. The van der Waals surface area contributed by atoms with E-state index in [4.69, 9.17) is 5.84 Å². The van der Waals surface area contributed by atoms with Crippen molar-refractivity contribution in [3.05, 3.63) is 187 Å². The van der Waals surface area contributed by atoms with Crippen LogP contribution in [0.25, 0.3) is 49.3 Å². The van der Waals surface area contributed by atoms with Crippen molar-refractivity contribution in [3.8, 4) is 5.69 Å². The third-order valence-corrected chi connectivity index (χ3v) is 10.6. The number of hydrazine groups is 1. The zero-order chi connectivity index (χ0) is 36.5. The second kappa shape index (κ2) is 14.7. The number of benzene rings is 6. The number of likely N-dealkylation sites (N-methyl/N-ethyl adjacent to an activating group) is 1. The normalized spacial score (nSPS) is 15.1. The van der Waals surface area contributed by atoms with Crippen LogP contribution in [0.2, 0.25) is 0 Å². The highest BCUT2D eigenvalue weighted by molar-refractivity contribution is 14.1. The summed E-state index contributed by atoms with van der Waals surface area (Å²) in [6.45, 7) is 2.23. The van der Waals surface area contributed by atoms with Gasteiger partial charge in [0.25, 0.3) is 0 Å². The third-order valence-electron chi connectivity index (χ3n) is 10.6. The molecule has 9 rings (SSSR count). The quantitative estimate of drug-likeness (QED) is 0.0471. The van der Waals surface area contributed by atoms with Crippen LogP contribution in [0.5, 0.6) is 0 Å². The highest BCUT2D eigenvalue weighted by Gasteiger charge is 2.34. The van der Waals surface area contributed by atoms with Crippen molar-refractivity contribution in [2.75, 3.05) is 12.0 Å². The molecule has 0 saturated heterocycles. The van der Waals surface area contributed by atoms with Crippen molar-refractivity contribution in [1.82, 2.24) is 24.8 Å². The summed E-state index contributed by atoms with van der Waals surface area (Å²) < 4.78 is 4.79. The van der Waals surface area contributed by atoms with Crippen molar-refractivity contribution in [1.29, 1.82) is 0 Å². The number of nitrogens with zero attached hydrogens (tertiary/aromatic N) is 3. The van der Waals surface area contributed by atoms with Gasteiger partial charge in [-0.05, 0) is 65.5 Å². The van der Waals surface area contributed by atoms with Crippen molar-refractivity contribution >= 4 is 66.2 Å². The fourth-order valence-electron chi connectivity index (χ4n) is 8.02. The van der Waals surface area contributed by atoms with E-state index in [0.717, 1.165) is 11.3 Å². The van der Waals surface area contributed by atoms with Gasteiger partial charge in [0.05, 0.1) is 27.6 Å². The molecule has 6 nitrogen and oxygen atoms in total. The molecule has 1 aliphatic rings. The summed E-state index contributed by atoms with van der Waals surface area (Å²) in [6.07, 6.45) is 6.18. The smallest absolute Gasteiger partial charge is 0.123 e. The molecule has 2 unspecified atom stereocenters. The fraction of sp³-hybridized carbons (Fsp3) is 0.130. The first-order chi connectivity index (χ1) is 26.0. The molecule has 264 valence electrons. The number of nitrogens with two attached hydrogens (primary N) is 1. The zero-order valence-electron chi connectivity index (χ0n) is 30.1. The van der Waals surface area contributed by atoms with Gasteiger partial charge in [-0.2, -0.15) is 0 Å². The Morgan fingerprint density at radius 1 is 0.660 bits per heavy atom. The van der Waals surface area contributed by atoms with E-state index < -0.39 is 5.54 Å². The summed E-state index contributed by atoms with van der Waals surface area (Å²) in [7, 11) is 1.91. The lowest BCUT2D eigenvalue weighted by molar-refractivity contribution is 0.201. The van der Waals surface area contributed by atoms with Crippen LogP contribution in [-0.4, -0.2) is 32.3 Å². The molecule has 1 aliphatic heterocycles. The van der Waals surface area contributed by atoms with E-state index in [1.54, 1.807) is 5.01 Å². The van der Waals surface area contributed by atoms with Crippen LogP contribution in [-0.2, 0) is 5.54 Å². The molecule has 0 bridgehead atoms. The van der Waals surface area contributed by atoms with Gasteiger partial charge < -0.3 is 14.5 Å². The molecule has 8 aromatic rings. The summed E-state index contributed by atoms with van der Waals surface area (Å²) in [5, 5.41) is 14.4. The summed E-state index contributed by atoms with van der Waals surface area (Å²) in [6, 6.07) is 54.0. The van der Waals surface area contributed by atoms with Gasteiger partial charge >= 0.3 is 0 Å². The minimum atomic E-state index is -0.493. The molecule has 7 heteroatoms. The Morgan fingerprint density at radius 3 is 1.68 bits per heavy atom. The number of rotatable bonds is 8. The van der Waals surface area contributed by atoms with E-state index in [-0.39, 0.29) is 12.3 Å². The van der Waals surface area contributed by atoms with Gasteiger partial charge in [0, 0.05) is 46.1 Å². The van der Waals surface area contributed by atoms with Gasteiger partial charge in [-0.15, -0.1) is 0 Å². The molecule has 6 aromatic carbocycles. The molecule has 3 heterocycles. The monoisotopic (exact) mass is 806 g/mol. The molecule has 0 saturated carbocycles. The highest BCUT2D eigenvalue weighted by Crippen LogP contribution is 2.37. The molecular weight excluding hydrogens is 763 g/mol. The summed E-state index contributed by atoms with van der Waals surface area (Å²) in [5.41, 5.74) is 8.80. The first-order valence-electron chi connectivity index (χ1n) is 17.9. The molecular formula is C46H43IN6. The van der Waals surface area contributed by atoms with Crippen LogP contribution in [0.1, 0.15) is 24.2 Å². The first kappa shape index (κ1) is 34.9. The molecule has 2 aromatic heterocycles. The molecule has 0 amide bonds. The van der Waals surface area contributed by atoms with E-state index in [9.17, 15) is 0 Å². The lowest BCUT2D eigenvalue weighted by Gasteiger charge is -2.39. The Labute approximate surface area is 324 Å². The molecule has 0 spiro atoms. The lowest BCUT2D eigenvalue weighted by Crippen LogP contribution is -2.56. The minimum Gasteiger partial charge on any atom is -0.367 e. The van der Waals surface area contributed by atoms with Gasteiger partial charge in [0.15, 0.2) is 0 Å². The number of nitrogens with one attached hydrogen (secondary N) is 2. The van der Waals surface area contributed by atoms with Crippen molar-refractivity contribution < 1.29 is 0 Å². The highest BCUT2D eigenvalue weighted by atomic mass is 127. The topological polar surface area (TPSA) is 63.2 Å². The van der Waals surface area contributed by atoms with Crippen LogP contribution in [0.3, 0.4) is 0 Å². The Bertz CT molecular complexity index is 2510. The maximum atomic E-state index is 6.59. The van der Waals surface area contributed by atoms with Gasteiger partial charge in [0.1, 0.15) is 12.3 Å². The number of para-hydroxylation sites is 3. The Kier molecular flexibility index (Phi) is 9.66. The van der Waals surface area contributed by atoms with Crippen molar-refractivity contribution in [3.63, 3.8) is 0 Å². The van der Waals surface area contributed by atoms with Crippen LogP contribution in [0.15, 0.2) is 176 Å². The largest absolute Gasteiger partial charge is 0.367 e. The summed E-state index contributed by atoms with van der Waals surface area (Å²) in [5.74, 6) is 6.59. The second-order valence-electron chi connectivity index (χ2n) is 13.6. The SMILES string of the molecule is CI.CN(N)C(NC(C)(c1ccccc1)c1ccccc1)C1=CNC(n2c3ccccc3c3cc(-n4c5ccccc5c5ccccc54)ccc32)C=C1. The number of hydrogen-bond acceptors (Lipinski definition) is 4. The summed E-state index contributed by atoms with van der Waals surface area (Å²) >= 11 is 2.15. The predicted octanol–water partition coefficient (Wildman–Crippen LogP) is 10.2. The number of dihydropyridines is 1. The van der Waals surface area contributed by atoms with E-state index in [1.165, 1.54) is 54.7 Å². The predicted molar refractivity (Wildman–Crippen MR) is 231 cm³/mol. The van der Waals surface area contributed by atoms with Gasteiger partial charge in [-0.1, -0.05) is 144 Å². The standard InChI is InChI=1S/C45H40N6.CH3I/c1-45(32-15-5-3-6-16-32,33-17-7-4-8-18-33)48-44(49(2)46)31-25-28-43(47-30-31)51-41-24-14-11-21-37(41)38-29-34(26-27-42(38)51)50-39-22-12-9-19-35(39)36-20-10-13-23-40(36)50;1-2/h3-30,43-44,47-48H,46H2,1-2H3;1H3. The minimum absolute atomic E-state index is 0.0893. The average Bonchev–Trinajstić information content (AvgIpc) is 3.74. The Hall–Kier alpha value is -5.19. The van der Waals surface area contributed by atoms with Crippen molar-refractivity contribution in [2.45, 2.75) is 24.8 Å². The third kappa shape index (κ3) is 6.13. The average molecular weight is 807 g/mol. The van der Waals surface area contributed by atoms with E-state index >= 15 is 0 Å². The lowest BCUT2D eigenvalue weighted by atomic mass is 9.84. The van der Waals surface area contributed by atoms with E-state index in [2.05, 4.69) is 219 Å². The maximum absolute atomic E-state index is 6.59. The molecule has 0 radical (unpaired) electrons. The Balaban J connectivity index is 0.00000197. The molecule has 53 heavy (non-hydrogen) atoms. The molecule has 2 atom stereocenters. The Morgan fingerprint density at radius 2 is 1.15 bits per heavy atom. The van der Waals surface area contributed by atoms with Gasteiger partial charge in [0.2, 0.25) is 0 Å². The van der Waals surface area contributed by atoms with E-state index in [1.807, 2.05) is 12.0 Å². The van der Waals surface area contributed by atoms with Crippen molar-refractivity contribution in [2.24, 2.45) is 5.84 Å². The van der Waals surface area contributed by atoms with E-state index in [0.29, 0.717) is 0 Å². The zero-order valence-corrected chi connectivity index (χ0v) is 32.3. The van der Waals surface area contributed by atoms with Crippen LogP contribution >= 0.6 is 22.6 Å². The van der Waals surface area contributed by atoms with Gasteiger partial charge in [-0.25, -0.2) is 5.01 Å². The van der Waals surface area contributed by atoms with Crippen LogP contribution in [0.4, 0.5) is 0 Å². The molecule has 0 aliphatic carbocycles. The maximum Gasteiger partial charge on any atom is 0.123 e. The second-order valence-corrected chi connectivity index (χ2v) is 13.6. The fourth-order valence-corrected chi connectivity index (χ4v) is 8.02. The number of alkyl halides is 1. The number of halogens is 1. The molecule has 4 N–H and O–H groups in total. The number of aromatic nitrogens is 2. The van der Waals surface area contributed by atoms with Crippen LogP contribution in [0, 0.1) is 0 Å². The molecule has 0 fully saturated rings. The summed E-state index contributed by atoms with van der Waals surface area (Å²) in [4.78, 5) is 1.97.